The lowest BCUT2D eigenvalue weighted by atomic mass is 10.1. The number of nitrogens with zero attached hydrogens (tertiary/aromatic N) is 4. The van der Waals surface area contributed by atoms with E-state index in [4.69, 9.17) is 4.74 Å². The summed E-state index contributed by atoms with van der Waals surface area (Å²) in [5.74, 6) is 1.39. The van der Waals surface area contributed by atoms with Crippen LogP contribution in [0.2, 0.25) is 0 Å². The van der Waals surface area contributed by atoms with Crippen LogP contribution in [0.3, 0.4) is 0 Å². The minimum Gasteiger partial charge on any atom is -0.481 e. The van der Waals surface area contributed by atoms with Crippen molar-refractivity contribution < 1.29 is 4.74 Å². The largest absolute Gasteiger partial charge is 0.481 e. The van der Waals surface area contributed by atoms with E-state index in [1.807, 2.05) is 25.1 Å². The molecule has 1 atom stereocenters. The lowest BCUT2D eigenvalue weighted by Gasteiger charge is -2.33. The standard InChI is InChI=1S/C17H23N5O/c1-13-5-7-19-17(20-13)21-15-4-3-9-22(12-15)11-14-6-8-18-16(10-14)23-2/h5-8,10,15H,3-4,9,11-12H2,1-2H3,(H,19,20,21). The summed E-state index contributed by atoms with van der Waals surface area (Å²) in [6.07, 6.45) is 5.92. The highest BCUT2D eigenvalue weighted by Gasteiger charge is 2.20. The molecule has 0 saturated carbocycles. The van der Waals surface area contributed by atoms with E-state index in [0.29, 0.717) is 11.9 Å². The number of aryl methyl sites for hydroxylation is 1. The summed E-state index contributed by atoms with van der Waals surface area (Å²) in [4.78, 5) is 15.3. The van der Waals surface area contributed by atoms with E-state index < -0.39 is 0 Å². The number of pyridine rings is 1. The van der Waals surface area contributed by atoms with Crippen LogP contribution >= 0.6 is 0 Å². The Kier molecular flexibility index (Phi) is 5.02. The fourth-order valence-corrected chi connectivity index (χ4v) is 2.94. The molecular formula is C17H23N5O. The van der Waals surface area contributed by atoms with Gasteiger partial charge >= 0.3 is 0 Å². The van der Waals surface area contributed by atoms with Gasteiger partial charge in [0.2, 0.25) is 11.8 Å². The highest BCUT2D eigenvalue weighted by atomic mass is 16.5. The topological polar surface area (TPSA) is 63.2 Å². The highest BCUT2D eigenvalue weighted by molar-refractivity contribution is 5.27. The fraction of sp³-hybridized carbons (Fsp3) is 0.471. The molecule has 0 aliphatic carbocycles. The Morgan fingerprint density at radius 1 is 1.30 bits per heavy atom. The average molecular weight is 313 g/mol. The molecule has 1 unspecified atom stereocenters. The van der Waals surface area contributed by atoms with Gasteiger partial charge in [0.1, 0.15) is 0 Å². The number of piperidine rings is 1. The van der Waals surface area contributed by atoms with Gasteiger partial charge in [0.15, 0.2) is 0 Å². The fourth-order valence-electron chi connectivity index (χ4n) is 2.94. The molecule has 1 aliphatic heterocycles. The first-order valence-electron chi connectivity index (χ1n) is 8.00. The summed E-state index contributed by atoms with van der Waals surface area (Å²) in [5.41, 5.74) is 2.21. The van der Waals surface area contributed by atoms with Crippen LogP contribution in [0.15, 0.2) is 30.6 Å². The minimum absolute atomic E-state index is 0.384. The van der Waals surface area contributed by atoms with Gasteiger partial charge in [-0.25, -0.2) is 15.0 Å². The number of nitrogens with one attached hydrogen (secondary N) is 1. The zero-order valence-electron chi connectivity index (χ0n) is 13.7. The Hall–Kier alpha value is -2.21. The molecule has 2 aromatic rings. The Balaban J connectivity index is 1.59. The van der Waals surface area contributed by atoms with Gasteiger partial charge in [-0.15, -0.1) is 0 Å². The molecule has 1 aliphatic rings. The molecule has 0 bridgehead atoms. The van der Waals surface area contributed by atoms with E-state index in [-0.39, 0.29) is 0 Å². The zero-order valence-corrected chi connectivity index (χ0v) is 13.7. The van der Waals surface area contributed by atoms with Crippen molar-refractivity contribution in [1.29, 1.82) is 0 Å². The van der Waals surface area contributed by atoms with Crippen molar-refractivity contribution in [3.63, 3.8) is 0 Å². The predicted molar refractivity (Wildman–Crippen MR) is 89.5 cm³/mol. The molecule has 2 aromatic heterocycles. The van der Waals surface area contributed by atoms with Gasteiger partial charge in [0.05, 0.1) is 7.11 Å². The number of methoxy groups -OCH3 is 1. The van der Waals surface area contributed by atoms with Gasteiger partial charge < -0.3 is 10.1 Å². The Morgan fingerprint density at radius 3 is 3.00 bits per heavy atom. The molecule has 0 spiro atoms. The van der Waals surface area contributed by atoms with Gasteiger partial charge in [-0.2, -0.15) is 0 Å². The first-order valence-corrected chi connectivity index (χ1v) is 8.00. The third kappa shape index (κ3) is 4.39. The number of aromatic nitrogens is 3. The number of hydrogen-bond acceptors (Lipinski definition) is 6. The number of ether oxygens (including phenoxy) is 1. The second-order valence-corrected chi connectivity index (χ2v) is 5.95. The smallest absolute Gasteiger partial charge is 0.223 e. The van der Waals surface area contributed by atoms with Crippen LogP contribution in [0.5, 0.6) is 5.88 Å². The van der Waals surface area contributed by atoms with E-state index in [2.05, 4.69) is 25.2 Å². The van der Waals surface area contributed by atoms with Crippen molar-refractivity contribution in [3.05, 3.63) is 41.9 Å². The molecule has 0 aromatic carbocycles. The maximum absolute atomic E-state index is 5.20. The molecule has 3 rings (SSSR count). The van der Waals surface area contributed by atoms with E-state index >= 15 is 0 Å². The first kappa shape index (κ1) is 15.7. The van der Waals surface area contributed by atoms with Crippen LogP contribution in [0.1, 0.15) is 24.1 Å². The third-order valence-electron chi connectivity index (χ3n) is 4.05. The van der Waals surface area contributed by atoms with Crippen molar-refractivity contribution in [2.75, 3.05) is 25.5 Å². The molecule has 6 nitrogen and oxygen atoms in total. The van der Waals surface area contributed by atoms with Gasteiger partial charge in [-0.3, -0.25) is 4.90 Å². The summed E-state index contributed by atoms with van der Waals surface area (Å²) in [6, 6.07) is 6.34. The molecule has 0 amide bonds. The van der Waals surface area contributed by atoms with Crippen LogP contribution < -0.4 is 10.1 Å². The molecule has 1 saturated heterocycles. The summed E-state index contributed by atoms with van der Waals surface area (Å²) in [5, 5.41) is 3.46. The molecular weight excluding hydrogens is 290 g/mol. The van der Waals surface area contributed by atoms with Gasteiger partial charge in [-0.1, -0.05) is 0 Å². The summed E-state index contributed by atoms with van der Waals surface area (Å²) < 4.78 is 5.20. The van der Waals surface area contributed by atoms with E-state index in [9.17, 15) is 0 Å². The summed E-state index contributed by atoms with van der Waals surface area (Å²) >= 11 is 0. The van der Waals surface area contributed by atoms with Crippen LogP contribution in [-0.4, -0.2) is 46.1 Å². The van der Waals surface area contributed by atoms with Crippen molar-refractivity contribution in [2.45, 2.75) is 32.4 Å². The Bertz CT molecular complexity index is 648. The normalized spacial score (nSPS) is 18.6. The summed E-state index contributed by atoms with van der Waals surface area (Å²) in [6.45, 7) is 4.99. The number of anilines is 1. The highest BCUT2D eigenvalue weighted by Crippen LogP contribution is 2.17. The van der Waals surface area contributed by atoms with Crippen molar-refractivity contribution in [1.82, 2.24) is 19.9 Å². The molecule has 3 heterocycles. The predicted octanol–water partition coefficient (Wildman–Crippen LogP) is 2.27. The number of likely N-dealkylation sites (tertiary alicyclic amines) is 1. The average Bonchev–Trinajstić information content (AvgIpc) is 2.55. The van der Waals surface area contributed by atoms with Crippen molar-refractivity contribution in [2.24, 2.45) is 0 Å². The molecule has 6 heteroatoms. The van der Waals surface area contributed by atoms with Crippen LogP contribution in [0.4, 0.5) is 5.95 Å². The lowest BCUT2D eigenvalue weighted by molar-refractivity contribution is 0.208. The van der Waals surface area contributed by atoms with Gasteiger partial charge in [0.25, 0.3) is 0 Å². The quantitative estimate of drug-likeness (QED) is 0.913. The lowest BCUT2D eigenvalue weighted by Crippen LogP contribution is -2.41. The summed E-state index contributed by atoms with van der Waals surface area (Å²) in [7, 11) is 1.65. The van der Waals surface area contributed by atoms with E-state index in [0.717, 1.165) is 37.7 Å². The third-order valence-corrected chi connectivity index (χ3v) is 4.05. The second kappa shape index (κ2) is 7.37. The van der Waals surface area contributed by atoms with Crippen molar-refractivity contribution >= 4 is 5.95 Å². The zero-order chi connectivity index (χ0) is 16.1. The van der Waals surface area contributed by atoms with Crippen LogP contribution in [0, 0.1) is 6.92 Å². The van der Waals surface area contributed by atoms with Crippen LogP contribution in [-0.2, 0) is 6.54 Å². The van der Waals surface area contributed by atoms with Gasteiger partial charge in [-0.05, 0) is 44.0 Å². The maximum atomic E-state index is 5.20. The van der Waals surface area contributed by atoms with Crippen LogP contribution in [0.25, 0.3) is 0 Å². The maximum Gasteiger partial charge on any atom is 0.223 e. The Morgan fingerprint density at radius 2 is 2.17 bits per heavy atom. The SMILES string of the molecule is COc1cc(CN2CCCC(Nc3nccc(C)n3)C2)ccn1. The van der Waals surface area contributed by atoms with Gasteiger partial charge in [0, 0.05) is 43.3 Å². The second-order valence-electron chi connectivity index (χ2n) is 5.95. The molecule has 1 N–H and O–H groups in total. The van der Waals surface area contributed by atoms with Crippen molar-refractivity contribution in [3.8, 4) is 5.88 Å². The van der Waals surface area contributed by atoms with E-state index in [1.165, 1.54) is 12.0 Å². The molecule has 23 heavy (non-hydrogen) atoms. The minimum atomic E-state index is 0.384. The van der Waals surface area contributed by atoms with E-state index in [1.54, 1.807) is 19.5 Å². The molecule has 1 fully saturated rings. The molecule has 0 radical (unpaired) electrons. The number of hydrogen-bond donors (Lipinski definition) is 1. The number of rotatable bonds is 5. The first-order chi connectivity index (χ1) is 11.2. The molecule has 122 valence electrons. The Labute approximate surface area is 136 Å². The monoisotopic (exact) mass is 313 g/mol.